The van der Waals surface area contributed by atoms with E-state index in [-0.39, 0.29) is 24.9 Å². The number of halogens is 1. The summed E-state index contributed by atoms with van der Waals surface area (Å²) in [7, 11) is 0. The number of nitrogens with zero attached hydrogens (tertiary/aromatic N) is 1. The van der Waals surface area contributed by atoms with Gasteiger partial charge in [0.05, 0.1) is 6.54 Å². The maximum absolute atomic E-state index is 11.4. The molecule has 1 unspecified atom stereocenters. The number of carbonyl (C=O) groups is 2. The van der Waals surface area contributed by atoms with Crippen LogP contribution in [0.5, 0.6) is 0 Å². The SMILES string of the molecule is CC1CCCN(CC(=O)NCC(=O)O)CC1.Cl. The van der Waals surface area contributed by atoms with E-state index >= 15 is 0 Å². The Kier molecular flexibility index (Phi) is 7.91. The fourth-order valence-electron chi connectivity index (χ4n) is 1.91. The first-order valence-electron chi connectivity index (χ1n) is 5.79. The maximum Gasteiger partial charge on any atom is 0.322 e. The molecule has 1 aliphatic rings. The second-order valence-corrected chi connectivity index (χ2v) is 4.48. The van der Waals surface area contributed by atoms with Crippen LogP contribution in [0.2, 0.25) is 0 Å². The third-order valence-electron chi connectivity index (χ3n) is 2.91. The Labute approximate surface area is 108 Å². The summed E-state index contributed by atoms with van der Waals surface area (Å²) in [6.07, 6.45) is 3.45. The summed E-state index contributed by atoms with van der Waals surface area (Å²) in [5.41, 5.74) is 0. The van der Waals surface area contributed by atoms with Crippen molar-refractivity contribution in [1.29, 1.82) is 0 Å². The molecule has 2 N–H and O–H groups in total. The molecule has 1 heterocycles. The number of hydrogen-bond acceptors (Lipinski definition) is 3. The van der Waals surface area contributed by atoms with E-state index in [0.29, 0.717) is 6.54 Å². The highest BCUT2D eigenvalue weighted by Gasteiger charge is 2.16. The zero-order chi connectivity index (χ0) is 12.0. The van der Waals surface area contributed by atoms with Gasteiger partial charge in [-0.3, -0.25) is 14.5 Å². The molecule has 1 amide bonds. The minimum Gasteiger partial charge on any atom is -0.480 e. The smallest absolute Gasteiger partial charge is 0.322 e. The number of aliphatic carboxylic acids is 1. The lowest BCUT2D eigenvalue weighted by Crippen LogP contribution is -2.39. The standard InChI is InChI=1S/C11H20N2O3.ClH/c1-9-3-2-5-13(6-4-9)8-10(14)12-7-11(15)16;/h9H,2-8H2,1H3,(H,12,14)(H,15,16);1H. The fourth-order valence-corrected chi connectivity index (χ4v) is 1.91. The van der Waals surface area contributed by atoms with Gasteiger partial charge in [-0.25, -0.2) is 0 Å². The van der Waals surface area contributed by atoms with E-state index in [1.807, 2.05) is 0 Å². The molecule has 1 saturated heterocycles. The zero-order valence-electron chi connectivity index (χ0n) is 10.1. The van der Waals surface area contributed by atoms with Gasteiger partial charge in [0.25, 0.3) is 0 Å². The molecule has 0 saturated carbocycles. The largest absolute Gasteiger partial charge is 0.480 e. The summed E-state index contributed by atoms with van der Waals surface area (Å²) < 4.78 is 0. The number of hydrogen-bond donors (Lipinski definition) is 2. The quantitative estimate of drug-likeness (QED) is 0.786. The van der Waals surface area contributed by atoms with Gasteiger partial charge in [0.1, 0.15) is 6.54 Å². The lowest BCUT2D eigenvalue weighted by molar-refractivity contribution is -0.138. The second kappa shape index (κ2) is 8.31. The minimum absolute atomic E-state index is 0. The van der Waals surface area contributed by atoms with Crippen molar-refractivity contribution in [3.8, 4) is 0 Å². The van der Waals surface area contributed by atoms with Crippen molar-refractivity contribution in [1.82, 2.24) is 10.2 Å². The second-order valence-electron chi connectivity index (χ2n) is 4.48. The Bertz CT molecular complexity index is 261. The van der Waals surface area contributed by atoms with Gasteiger partial charge in [0, 0.05) is 0 Å². The van der Waals surface area contributed by atoms with Crippen molar-refractivity contribution >= 4 is 24.3 Å². The first-order chi connectivity index (χ1) is 7.58. The first-order valence-corrected chi connectivity index (χ1v) is 5.79. The van der Waals surface area contributed by atoms with E-state index in [0.717, 1.165) is 31.8 Å². The topological polar surface area (TPSA) is 69.6 Å². The van der Waals surface area contributed by atoms with Crippen LogP contribution in [0, 0.1) is 5.92 Å². The molecule has 0 aromatic heterocycles. The Hall–Kier alpha value is -0.810. The van der Waals surface area contributed by atoms with Crippen LogP contribution in [0.25, 0.3) is 0 Å². The van der Waals surface area contributed by atoms with Crippen LogP contribution in [0.1, 0.15) is 26.2 Å². The molecule has 6 heteroatoms. The average Bonchev–Trinajstić information content (AvgIpc) is 2.41. The number of amides is 1. The number of rotatable bonds is 4. The van der Waals surface area contributed by atoms with Crippen molar-refractivity contribution in [3.05, 3.63) is 0 Å². The molecule has 5 nitrogen and oxygen atoms in total. The predicted molar refractivity (Wildman–Crippen MR) is 67.3 cm³/mol. The third kappa shape index (κ3) is 7.18. The van der Waals surface area contributed by atoms with Gasteiger partial charge < -0.3 is 10.4 Å². The highest BCUT2D eigenvalue weighted by atomic mass is 35.5. The van der Waals surface area contributed by atoms with E-state index in [2.05, 4.69) is 17.1 Å². The lowest BCUT2D eigenvalue weighted by Gasteiger charge is -2.18. The Morgan fingerprint density at radius 1 is 1.35 bits per heavy atom. The molecule has 100 valence electrons. The molecule has 0 aromatic rings. The van der Waals surface area contributed by atoms with Crippen molar-refractivity contribution in [2.24, 2.45) is 5.92 Å². The molecular weight excluding hydrogens is 244 g/mol. The Morgan fingerprint density at radius 3 is 2.71 bits per heavy atom. The van der Waals surface area contributed by atoms with Crippen LogP contribution < -0.4 is 5.32 Å². The van der Waals surface area contributed by atoms with Crippen LogP contribution in [0.4, 0.5) is 0 Å². The zero-order valence-corrected chi connectivity index (χ0v) is 11.0. The van der Waals surface area contributed by atoms with E-state index < -0.39 is 5.97 Å². The van der Waals surface area contributed by atoms with Gasteiger partial charge in [-0.1, -0.05) is 6.92 Å². The van der Waals surface area contributed by atoms with Crippen LogP contribution in [0.3, 0.4) is 0 Å². The fraction of sp³-hybridized carbons (Fsp3) is 0.818. The van der Waals surface area contributed by atoms with Gasteiger partial charge >= 0.3 is 5.97 Å². The number of carboxylic acid groups (broad SMARTS) is 1. The number of carboxylic acids is 1. The molecule has 1 atom stereocenters. The Balaban J connectivity index is 0.00000256. The lowest BCUT2D eigenvalue weighted by atomic mass is 10.0. The van der Waals surface area contributed by atoms with Crippen LogP contribution >= 0.6 is 12.4 Å². The predicted octanol–water partition coefficient (Wildman–Crippen LogP) is 0.731. The van der Waals surface area contributed by atoms with Crippen LogP contribution in [-0.2, 0) is 9.59 Å². The summed E-state index contributed by atoms with van der Waals surface area (Å²) in [4.78, 5) is 23.8. The van der Waals surface area contributed by atoms with E-state index in [1.165, 1.54) is 6.42 Å². The molecule has 0 aromatic carbocycles. The molecule has 0 spiro atoms. The number of likely N-dealkylation sites (tertiary alicyclic amines) is 1. The normalized spacial score (nSPS) is 21.1. The van der Waals surface area contributed by atoms with Gasteiger partial charge in [-0.05, 0) is 38.3 Å². The molecule has 0 bridgehead atoms. The first kappa shape index (κ1) is 16.2. The number of carbonyl (C=O) groups excluding carboxylic acids is 1. The summed E-state index contributed by atoms with van der Waals surface area (Å²) in [5, 5.41) is 10.8. The summed E-state index contributed by atoms with van der Waals surface area (Å²) in [6.45, 7) is 4.13. The molecule has 0 radical (unpaired) electrons. The van der Waals surface area contributed by atoms with Crippen LogP contribution in [0.15, 0.2) is 0 Å². The van der Waals surface area contributed by atoms with Crippen molar-refractivity contribution in [2.75, 3.05) is 26.2 Å². The molecule has 1 fully saturated rings. The monoisotopic (exact) mass is 264 g/mol. The molecule has 0 aliphatic carbocycles. The van der Waals surface area contributed by atoms with Gasteiger partial charge in [-0.15, -0.1) is 12.4 Å². The summed E-state index contributed by atoms with van der Waals surface area (Å²) >= 11 is 0. The molecular formula is C11H21ClN2O3. The van der Waals surface area contributed by atoms with E-state index in [9.17, 15) is 9.59 Å². The summed E-state index contributed by atoms with van der Waals surface area (Å²) in [5.74, 6) is -0.470. The van der Waals surface area contributed by atoms with Crippen molar-refractivity contribution in [3.63, 3.8) is 0 Å². The number of nitrogens with one attached hydrogen (secondary N) is 1. The third-order valence-corrected chi connectivity index (χ3v) is 2.91. The molecule has 1 aliphatic heterocycles. The molecule has 1 rings (SSSR count). The highest BCUT2D eigenvalue weighted by Crippen LogP contribution is 2.15. The van der Waals surface area contributed by atoms with E-state index in [4.69, 9.17) is 5.11 Å². The maximum atomic E-state index is 11.4. The minimum atomic E-state index is -1.00. The highest BCUT2D eigenvalue weighted by molar-refractivity contribution is 5.85. The Morgan fingerprint density at radius 2 is 2.06 bits per heavy atom. The summed E-state index contributed by atoms with van der Waals surface area (Å²) in [6, 6.07) is 0. The van der Waals surface area contributed by atoms with Gasteiger partial charge in [0.15, 0.2) is 0 Å². The van der Waals surface area contributed by atoms with Gasteiger partial charge in [0.2, 0.25) is 5.91 Å². The van der Waals surface area contributed by atoms with Gasteiger partial charge in [-0.2, -0.15) is 0 Å². The molecule has 17 heavy (non-hydrogen) atoms. The van der Waals surface area contributed by atoms with Crippen molar-refractivity contribution in [2.45, 2.75) is 26.2 Å². The van der Waals surface area contributed by atoms with E-state index in [1.54, 1.807) is 0 Å². The average molecular weight is 265 g/mol. The van der Waals surface area contributed by atoms with Crippen molar-refractivity contribution < 1.29 is 14.7 Å². The van der Waals surface area contributed by atoms with Crippen LogP contribution in [-0.4, -0.2) is 48.1 Å².